The van der Waals surface area contributed by atoms with E-state index in [1.165, 1.54) is 0 Å². The fraction of sp³-hybridized carbons (Fsp3) is 0.462. The second kappa shape index (κ2) is 4.21. The molecule has 1 saturated carbocycles. The normalized spacial score (nSPS) is 16.9. The molecule has 1 fully saturated rings. The van der Waals surface area contributed by atoms with Crippen LogP contribution in [0.5, 0.6) is 0 Å². The molecule has 0 saturated heterocycles. The first-order chi connectivity index (χ1) is 7.56. The van der Waals surface area contributed by atoms with Crippen molar-refractivity contribution in [2.45, 2.75) is 32.2 Å². The van der Waals surface area contributed by atoms with E-state index in [4.69, 9.17) is 0 Å². The summed E-state index contributed by atoms with van der Waals surface area (Å²) in [4.78, 5) is 12.1. The zero-order valence-electron chi connectivity index (χ0n) is 9.64. The minimum absolute atomic E-state index is 0.0211. The van der Waals surface area contributed by atoms with Gasteiger partial charge in [0, 0.05) is 10.9 Å². The molecule has 86 valence electrons. The molecule has 1 aromatic rings. The fourth-order valence-electron chi connectivity index (χ4n) is 1.73. The fourth-order valence-corrected chi connectivity index (χ4v) is 2.43. The maximum Gasteiger partial charge on any atom is 0.252 e. The van der Waals surface area contributed by atoms with E-state index in [-0.39, 0.29) is 11.4 Å². The SMILES string of the molecule is Cc1ccc(C)c(C(=O)NC2(CBr)CC2)c1. The van der Waals surface area contributed by atoms with Gasteiger partial charge in [-0.3, -0.25) is 4.79 Å². The van der Waals surface area contributed by atoms with Gasteiger partial charge in [-0.25, -0.2) is 0 Å². The largest absolute Gasteiger partial charge is 0.346 e. The Morgan fingerprint density at radius 2 is 2.12 bits per heavy atom. The predicted octanol–water partition coefficient (Wildman–Crippen LogP) is 2.96. The van der Waals surface area contributed by atoms with Crippen molar-refractivity contribution in [1.82, 2.24) is 5.32 Å². The highest BCUT2D eigenvalue weighted by Crippen LogP contribution is 2.37. The molecule has 3 heteroatoms. The molecule has 0 atom stereocenters. The molecule has 0 aliphatic heterocycles. The Kier molecular flexibility index (Phi) is 3.06. The van der Waals surface area contributed by atoms with Crippen LogP contribution in [0, 0.1) is 13.8 Å². The van der Waals surface area contributed by atoms with Crippen molar-refractivity contribution in [2.24, 2.45) is 0 Å². The Labute approximate surface area is 105 Å². The lowest BCUT2D eigenvalue weighted by Gasteiger charge is -2.15. The van der Waals surface area contributed by atoms with E-state index in [2.05, 4.69) is 21.2 Å². The van der Waals surface area contributed by atoms with Crippen molar-refractivity contribution in [2.75, 3.05) is 5.33 Å². The van der Waals surface area contributed by atoms with Gasteiger partial charge in [0.15, 0.2) is 0 Å². The van der Waals surface area contributed by atoms with Gasteiger partial charge in [-0.2, -0.15) is 0 Å². The molecule has 0 unspecified atom stereocenters. The maximum atomic E-state index is 12.1. The number of rotatable bonds is 3. The number of halogens is 1. The van der Waals surface area contributed by atoms with E-state index in [1.807, 2.05) is 32.0 Å². The molecule has 1 aliphatic carbocycles. The van der Waals surface area contributed by atoms with Crippen molar-refractivity contribution in [3.05, 3.63) is 34.9 Å². The molecule has 1 aromatic carbocycles. The Morgan fingerprint density at radius 1 is 1.44 bits per heavy atom. The first kappa shape index (κ1) is 11.6. The number of aryl methyl sites for hydroxylation is 2. The molecular formula is C13H16BrNO. The average molecular weight is 282 g/mol. The first-order valence-electron chi connectivity index (χ1n) is 5.52. The van der Waals surface area contributed by atoms with Crippen LogP contribution in [0.25, 0.3) is 0 Å². The standard InChI is InChI=1S/C13H16BrNO/c1-9-3-4-10(2)11(7-9)12(16)15-13(8-14)5-6-13/h3-4,7H,5-6,8H2,1-2H3,(H,15,16). The third-order valence-corrected chi connectivity index (χ3v) is 4.20. The number of hydrogen-bond donors (Lipinski definition) is 1. The van der Waals surface area contributed by atoms with Gasteiger partial charge in [-0.15, -0.1) is 0 Å². The van der Waals surface area contributed by atoms with Crippen LogP contribution in [0.3, 0.4) is 0 Å². The smallest absolute Gasteiger partial charge is 0.252 e. The van der Waals surface area contributed by atoms with Crippen molar-refractivity contribution in [1.29, 1.82) is 0 Å². The Bertz CT molecular complexity index is 424. The summed E-state index contributed by atoms with van der Waals surface area (Å²) < 4.78 is 0. The average Bonchev–Trinajstić information content (AvgIpc) is 3.02. The minimum Gasteiger partial charge on any atom is -0.346 e. The number of benzene rings is 1. The van der Waals surface area contributed by atoms with Crippen molar-refractivity contribution in [3.63, 3.8) is 0 Å². The second-order valence-electron chi connectivity index (χ2n) is 4.69. The second-order valence-corrected chi connectivity index (χ2v) is 5.25. The third-order valence-electron chi connectivity index (χ3n) is 3.13. The molecule has 1 aliphatic rings. The van der Waals surface area contributed by atoms with Crippen LogP contribution in [0.1, 0.15) is 34.3 Å². The number of alkyl halides is 1. The molecule has 1 amide bonds. The van der Waals surface area contributed by atoms with E-state index < -0.39 is 0 Å². The number of amides is 1. The minimum atomic E-state index is 0.0211. The summed E-state index contributed by atoms with van der Waals surface area (Å²) in [6.45, 7) is 3.98. The highest BCUT2D eigenvalue weighted by molar-refractivity contribution is 9.09. The van der Waals surface area contributed by atoms with E-state index in [1.54, 1.807) is 0 Å². The first-order valence-corrected chi connectivity index (χ1v) is 6.64. The quantitative estimate of drug-likeness (QED) is 0.848. The molecule has 0 heterocycles. The van der Waals surface area contributed by atoms with Crippen LogP contribution in [0.15, 0.2) is 18.2 Å². The Morgan fingerprint density at radius 3 is 2.69 bits per heavy atom. The summed E-state index contributed by atoms with van der Waals surface area (Å²) in [6, 6.07) is 5.98. The summed E-state index contributed by atoms with van der Waals surface area (Å²) >= 11 is 3.45. The van der Waals surface area contributed by atoms with Gasteiger partial charge in [0.2, 0.25) is 0 Å². The molecule has 0 radical (unpaired) electrons. The lowest BCUT2D eigenvalue weighted by Crippen LogP contribution is -2.38. The summed E-state index contributed by atoms with van der Waals surface area (Å²) in [5.74, 6) is 0.0538. The monoisotopic (exact) mass is 281 g/mol. The number of nitrogens with one attached hydrogen (secondary N) is 1. The van der Waals surface area contributed by atoms with Gasteiger partial charge in [-0.1, -0.05) is 33.6 Å². The zero-order chi connectivity index (χ0) is 11.8. The highest BCUT2D eigenvalue weighted by atomic mass is 79.9. The topological polar surface area (TPSA) is 29.1 Å². The van der Waals surface area contributed by atoms with Crippen molar-refractivity contribution < 1.29 is 4.79 Å². The van der Waals surface area contributed by atoms with Crippen LogP contribution in [-0.2, 0) is 0 Å². The molecule has 0 bridgehead atoms. The molecule has 16 heavy (non-hydrogen) atoms. The third kappa shape index (κ3) is 2.29. The van der Waals surface area contributed by atoms with Crippen LogP contribution >= 0.6 is 15.9 Å². The predicted molar refractivity (Wildman–Crippen MR) is 69.1 cm³/mol. The van der Waals surface area contributed by atoms with Crippen LogP contribution in [0.4, 0.5) is 0 Å². The van der Waals surface area contributed by atoms with E-state index in [0.29, 0.717) is 0 Å². The summed E-state index contributed by atoms with van der Waals surface area (Å²) in [5, 5.41) is 3.96. The van der Waals surface area contributed by atoms with E-state index >= 15 is 0 Å². The van der Waals surface area contributed by atoms with Gasteiger partial charge in [0.25, 0.3) is 5.91 Å². The molecule has 2 rings (SSSR count). The summed E-state index contributed by atoms with van der Waals surface area (Å²) in [7, 11) is 0. The van der Waals surface area contributed by atoms with Gasteiger partial charge < -0.3 is 5.32 Å². The molecule has 0 aromatic heterocycles. The number of carbonyl (C=O) groups excluding carboxylic acids is 1. The molecule has 2 nitrogen and oxygen atoms in total. The van der Waals surface area contributed by atoms with Crippen molar-refractivity contribution >= 4 is 21.8 Å². The van der Waals surface area contributed by atoms with E-state index in [9.17, 15) is 4.79 Å². The lowest BCUT2D eigenvalue weighted by molar-refractivity contribution is 0.0936. The van der Waals surface area contributed by atoms with Gasteiger partial charge in [0.1, 0.15) is 0 Å². The maximum absolute atomic E-state index is 12.1. The van der Waals surface area contributed by atoms with Gasteiger partial charge >= 0.3 is 0 Å². The Balaban J connectivity index is 2.17. The highest BCUT2D eigenvalue weighted by Gasteiger charge is 2.43. The Hall–Kier alpha value is -0.830. The molecular weight excluding hydrogens is 266 g/mol. The van der Waals surface area contributed by atoms with Crippen LogP contribution in [-0.4, -0.2) is 16.8 Å². The van der Waals surface area contributed by atoms with Gasteiger partial charge in [0.05, 0.1) is 5.54 Å². The molecule has 0 spiro atoms. The zero-order valence-corrected chi connectivity index (χ0v) is 11.2. The number of hydrogen-bond acceptors (Lipinski definition) is 1. The van der Waals surface area contributed by atoms with Gasteiger partial charge in [-0.05, 0) is 38.3 Å². The van der Waals surface area contributed by atoms with Crippen molar-refractivity contribution in [3.8, 4) is 0 Å². The lowest BCUT2D eigenvalue weighted by atomic mass is 10.0. The van der Waals surface area contributed by atoms with Crippen LogP contribution in [0.2, 0.25) is 0 Å². The van der Waals surface area contributed by atoms with E-state index in [0.717, 1.165) is 34.9 Å². The van der Waals surface area contributed by atoms with Crippen LogP contribution < -0.4 is 5.32 Å². The summed E-state index contributed by atoms with van der Waals surface area (Å²) in [5.41, 5.74) is 2.98. The molecule has 1 N–H and O–H groups in total. The summed E-state index contributed by atoms with van der Waals surface area (Å²) in [6.07, 6.45) is 2.16. The number of carbonyl (C=O) groups is 1.